The van der Waals surface area contributed by atoms with Gasteiger partial charge in [-0.25, -0.2) is 9.59 Å². The van der Waals surface area contributed by atoms with Gasteiger partial charge in [-0.05, 0) is 52.0 Å². The van der Waals surface area contributed by atoms with Gasteiger partial charge in [-0.2, -0.15) is 0 Å². The standard InChI is InChI=1S/C16H22N2O5/c1-10(17-15(21)23-16(2,3)4)13(19)18-12-8-6-11(7-9-12)14(20)22-5/h6-10H,1-5H3,(H,17,21)(H,18,19)/t10-/m0/s1. The summed E-state index contributed by atoms with van der Waals surface area (Å²) in [7, 11) is 1.29. The van der Waals surface area contributed by atoms with E-state index in [1.54, 1.807) is 39.8 Å². The predicted octanol–water partition coefficient (Wildman–Crippen LogP) is 2.32. The Morgan fingerprint density at radius 3 is 2.13 bits per heavy atom. The van der Waals surface area contributed by atoms with E-state index in [1.165, 1.54) is 19.2 Å². The Hall–Kier alpha value is -2.57. The number of alkyl carbamates (subject to hydrolysis) is 1. The SMILES string of the molecule is COC(=O)c1ccc(NC(=O)[C@H](C)NC(=O)OC(C)(C)C)cc1. The molecule has 126 valence electrons. The number of rotatable bonds is 4. The Morgan fingerprint density at radius 2 is 1.65 bits per heavy atom. The fourth-order valence-electron chi connectivity index (χ4n) is 1.61. The topological polar surface area (TPSA) is 93.7 Å². The fourth-order valence-corrected chi connectivity index (χ4v) is 1.61. The molecule has 0 fully saturated rings. The number of carbonyl (C=O) groups is 3. The molecule has 1 aromatic carbocycles. The number of carbonyl (C=O) groups excluding carboxylic acids is 3. The van der Waals surface area contributed by atoms with E-state index in [2.05, 4.69) is 15.4 Å². The van der Waals surface area contributed by atoms with Crippen molar-refractivity contribution in [2.45, 2.75) is 39.3 Å². The molecular weight excluding hydrogens is 300 g/mol. The second-order valence-electron chi connectivity index (χ2n) is 5.93. The van der Waals surface area contributed by atoms with Crippen LogP contribution in [0.3, 0.4) is 0 Å². The van der Waals surface area contributed by atoms with Crippen LogP contribution in [0.15, 0.2) is 24.3 Å². The van der Waals surface area contributed by atoms with E-state index < -0.39 is 29.6 Å². The van der Waals surface area contributed by atoms with Crippen LogP contribution in [0.4, 0.5) is 10.5 Å². The summed E-state index contributed by atoms with van der Waals surface area (Å²) in [6.45, 7) is 6.75. The molecule has 0 aromatic heterocycles. The number of ether oxygens (including phenoxy) is 2. The van der Waals surface area contributed by atoms with Crippen LogP contribution in [-0.2, 0) is 14.3 Å². The summed E-state index contributed by atoms with van der Waals surface area (Å²) in [5.41, 5.74) is 0.246. The summed E-state index contributed by atoms with van der Waals surface area (Å²) in [4.78, 5) is 34.9. The first-order chi connectivity index (χ1) is 10.6. The number of anilines is 1. The summed E-state index contributed by atoms with van der Waals surface area (Å²) >= 11 is 0. The first-order valence-corrected chi connectivity index (χ1v) is 7.11. The van der Waals surface area contributed by atoms with Crippen molar-refractivity contribution in [3.8, 4) is 0 Å². The maximum atomic E-state index is 12.0. The van der Waals surface area contributed by atoms with Gasteiger partial charge in [-0.15, -0.1) is 0 Å². The predicted molar refractivity (Wildman–Crippen MR) is 85.2 cm³/mol. The quantitative estimate of drug-likeness (QED) is 0.830. The fraction of sp³-hybridized carbons (Fsp3) is 0.438. The molecule has 0 bridgehead atoms. The van der Waals surface area contributed by atoms with Crippen molar-refractivity contribution in [3.63, 3.8) is 0 Å². The lowest BCUT2D eigenvalue weighted by Gasteiger charge is -2.21. The van der Waals surface area contributed by atoms with Crippen molar-refractivity contribution in [1.29, 1.82) is 0 Å². The molecule has 1 atom stereocenters. The van der Waals surface area contributed by atoms with Crippen molar-refractivity contribution in [2.24, 2.45) is 0 Å². The summed E-state index contributed by atoms with van der Waals surface area (Å²) in [5, 5.41) is 5.08. The molecule has 0 heterocycles. The van der Waals surface area contributed by atoms with Crippen LogP contribution in [0.25, 0.3) is 0 Å². The normalized spacial score (nSPS) is 12.0. The van der Waals surface area contributed by atoms with Crippen LogP contribution in [0, 0.1) is 0 Å². The van der Waals surface area contributed by atoms with Crippen LogP contribution in [0.1, 0.15) is 38.1 Å². The zero-order valence-corrected chi connectivity index (χ0v) is 13.9. The summed E-state index contributed by atoms with van der Waals surface area (Å²) in [6.07, 6.45) is -0.666. The van der Waals surface area contributed by atoms with Gasteiger partial charge in [0.2, 0.25) is 5.91 Å². The van der Waals surface area contributed by atoms with Crippen molar-refractivity contribution in [2.75, 3.05) is 12.4 Å². The van der Waals surface area contributed by atoms with E-state index >= 15 is 0 Å². The number of amides is 2. The molecule has 2 N–H and O–H groups in total. The van der Waals surface area contributed by atoms with E-state index in [4.69, 9.17) is 4.74 Å². The number of esters is 1. The van der Waals surface area contributed by atoms with Gasteiger partial charge in [0.05, 0.1) is 12.7 Å². The number of nitrogens with one attached hydrogen (secondary N) is 2. The van der Waals surface area contributed by atoms with Gasteiger partial charge in [0, 0.05) is 5.69 Å². The second kappa shape index (κ2) is 7.62. The molecule has 0 aliphatic carbocycles. The number of methoxy groups -OCH3 is 1. The maximum Gasteiger partial charge on any atom is 0.408 e. The largest absolute Gasteiger partial charge is 0.465 e. The molecule has 7 heteroatoms. The molecular formula is C16H22N2O5. The van der Waals surface area contributed by atoms with Crippen LogP contribution in [0.2, 0.25) is 0 Å². The third-order valence-corrected chi connectivity index (χ3v) is 2.70. The van der Waals surface area contributed by atoms with Gasteiger partial charge < -0.3 is 20.1 Å². The van der Waals surface area contributed by atoms with Gasteiger partial charge in [-0.1, -0.05) is 0 Å². The third kappa shape index (κ3) is 6.37. The van der Waals surface area contributed by atoms with Crippen LogP contribution in [0.5, 0.6) is 0 Å². The molecule has 0 radical (unpaired) electrons. The van der Waals surface area contributed by atoms with E-state index in [9.17, 15) is 14.4 Å². The minimum absolute atomic E-state index is 0.380. The van der Waals surface area contributed by atoms with Crippen molar-refractivity contribution < 1.29 is 23.9 Å². The van der Waals surface area contributed by atoms with Crippen molar-refractivity contribution >= 4 is 23.7 Å². The maximum absolute atomic E-state index is 12.0. The van der Waals surface area contributed by atoms with Gasteiger partial charge in [0.1, 0.15) is 11.6 Å². The number of hydrogen-bond acceptors (Lipinski definition) is 5. The third-order valence-electron chi connectivity index (χ3n) is 2.70. The Morgan fingerprint density at radius 1 is 1.09 bits per heavy atom. The van der Waals surface area contributed by atoms with Gasteiger partial charge in [-0.3, -0.25) is 4.79 Å². The Bertz CT molecular complexity index is 575. The Balaban J connectivity index is 2.58. The van der Waals surface area contributed by atoms with Crippen LogP contribution < -0.4 is 10.6 Å². The van der Waals surface area contributed by atoms with E-state index in [1.807, 2.05) is 0 Å². The van der Waals surface area contributed by atoms with E-state index in [-0.39, 0.29) is 0 Å². The van der Waals surface area contributed by atoms with Crippen molar-refractivity contribution in [1.82, 2.24) is 5.32 Å². The van der Waals surface area contributed by atoms with Crippen molar-refractivity contribution in [3.05, 3.63) is 29.8 Å². The van der Waals surface area contributed by atoms with Gasteiger partial charge in [0.25, 0.3) is 0 Å². The molecule has 23 heavy (non-hydrogen) atoms. The molecule has 1 aromatic rings. The molecule has 0 aliphatic rings. The number of hydrogen-bond donors (Lipinski definition) is 2. The Labute approximate surface area is 135 Å². The van der Waals surface area contributed by atoms with Crippen LogP contribution >= 0.6 is 0 Å². The summed E-state index contributed by atoms with van der Waals surface area (Å²) < 4.78 is 9.67. The van der Waals surface area contributed by atoms with Gasteiger partial charge in [0.15, 0.2) is 0 Å². The lowest BCUT2D eigenvalue weighted by molar-refractivity contribution is -0.117. The summed E-state index contributed by atoms with van der Waals surface area (Å²) in [6, 6.07) is 5.44. The molecule has 2 amide bonds. The highest BCUT2D eigenvalue weighted by atomic mass is 16.6. The molecule has 0 spiro atoms. The average molecular weight is 322 g/mol. The first-order valence-electron chi connectivity index (χ1n) is 7.11. The first kappa shape index (κ1) is 18.5. The smallest absolute Gasteiger partial charge is 0.408 e. The van der Waals surface area contributed by atoms with Crippen LogP contribution in [-0.4, -0.2) is 36.7 Å². The highest BCUT2D eigenvalue weighted by Crippen LogP contribution is 2.11. The van der Waals surface area contributed by atoms with E-state index in [0.29, 0.717) is 11.3 Å². The lowest BCUT2D eigenvalue weighted by Crippen LogP contribution is -2.43. The molecule has 0 saturated carbocycles. The zero-order chi connectivity index (χ0) is 17.6. The minimum atomic E-state index is -0.773. The summed E-state index contributed by atoms with van der Waals surface area (Å²) in [5.74, 6) is -0.857. The lowest BCUT2D eigenvalue weighted by atomic mass is 10.2. The minimum Gasteiger partial charge on any atom is -0.465 e. The highest BCUT2D eigenvalue weighted by Gasteiger charge is 2.21. The average Bonchev–Trinajstić information content (AvgIpc) is 2.45. The Kier molecular flexibility index (Phi) is 6.12. The van der Waals surface area contributed by atoms with E-state index in [0.717, 1.165) is 0 Å². The zero-order valence-electron chi connectivity index (χ0n) is 13.9. The second-order valence-corrected chi connectivity index (χ2v) is 5.93. The molecule has 7 nitrogen and oxygen atoms in total. The highest BCUT2D eigenvalue weighted by molar-refractivity contribution is 5.97. The number of benzene rings is 1. The molecule has 0 aliphatic heterocycles. The monoisotopic (exact) mass is 322 g/mol. The van der Waals surface area contributed by atoms with Gasteiger partial charge >= 0.3 is 12.1 Å². The molecule has 0 unspecified atom stereocenters. The molecule has 1 rings (SSSR count). The molecule has 0 saturated heterocycles.